The Morgan fingerprint density at radius 3 is 2.53 bits per heavy atom. The minimum absolute atomic E-state index is 0.0577. The Balaban J connectivity index is 2.54. The first-order valence-corrected chi connectivity index (χ1v) is 9.04. The van der Waals surface area contributed by atoms with E-state index < -0.39 is 14.5 Å². The molecular formula is C12H23ClO5S. The zero-order valence-electron chi connectivity index (χ0n) is 11.6. The van der Waals surface area contributed by atoms with Gasteiger partial charge in [0.05, 0.1) is 25.1 Å². The number of halogens is 1. The van der Waals surface area contributed by atoms with Crippen LogP contribution >= 0.6 is 10.7 Å². The molecular weight excluding hydrogens is 292 g/mol. The predicted octanol–water partition coefficient (Wildman–Crippen LogP) is 1.79. The quantitative estimate of drug-likeness (QED) is 0.639. The molecule has 0 aromatic heterocycles. The van der Waals surface area contributed by atoms with Crippen LogP contribution in [0.5, 0.6) is 0 Å². The lowest BCUT2D eigenvalue weighted by molar-refractivity contribution is -0.0682. The van der Waals surface area contributed by atoms with E-state index in [1.54, 1.807) is 0 Å². The zero-order chi connectivity index (χ0) is 14.4. The Labute approximate surface area is 120 Å². The van der Waals surface area contributed by atoms with Crippen LogP contribution in [-0.2, 0) is 23.3 Å². The van der Waals surface area contributed by atoms with E-state index in [1.807, 2.05) is 13.8 Å². The Morgan fingerprint density at radius 1 is 1.37 bits per heavy atom. The highest BCUT2D eigenvalue weighted by Gasteiger charge is 2.37. The molecule has 0 saturated carbocycles. The van der Waals surface area contributed by atoms with Crippen LogP contribution in [0, 0.1) is 5.41 Å². The number of ether oxygens (including phenoxy) is 3. The molecule has 0 aromatic rings. The van der Waals surface area contributed by atoms with Gasteiger partial charge in [-0.2, -0.15) is 0 Å². The third-order valence-electron chi connectivity index (χ3n) is 3.26. The smallest absolute Gasteiger partial charge is 0.233 e. The summed E-state index contributed by atoms with van der Waals surface area (Å²) in [5, 5.41) is 0. The standard InChI is InChI=1S/C12H23ClO5S/c1-3-16-8-11(2)18-9-12(10-19(13,14)15)4-6-17-7-5-12/h11H,3-10H2,1-2H3. The van der Waals surface area contributed by atoms with E-state index in [0.717, 1.165) is 0 Å². The average Bonchev–Trinajstić information content (AvgIpc) is 2.33. The number of hydrogen-bond donors (Lipinski definition) is 0. The van der Waals surface area contributed by atoms with Crippen LogP contribution in [0.2, 0.25) is 0 Å². The first kappa shape index (κ1) is 17.2. The van der Waals surface area contributed by atoms with Crippen molar-refractivity contribution in [3.63, 3.8) is 0 Å². The van der Waals surface area contributed by atoms with Gasteiger partial charge in [0, 0.05) is 35.9 Å². The Morgan fingerprint density at radius 2 is 2.00 bits per heavy atom. The van der Waals surface area contributed by atoms with Crippen molar-refractivity contribution in [1.29, 1.82) is 0 Å². The minimum atomic E-state index is -3.54. The number of rotatable bonds is 8. The molecule has 1 unspecified atom stereocenters. The van der Waals surface area contributed by atoms with Crippen LogP contribution in [0.15, 0.2) is 0 Å². The van der Waals surface area contributed by atoms with Crippen LogP contribution in [0.25, 0.3) is 0 Å². The molecule has 0 aromatic carbocycles. The molecule has 1 fully saturated rings. The van der Waals surface area contributed by atoms with Gasteiger partial charge < -0.3 is 14.2 Å². The van der Waals surface area contributed by atoms with Gasteiger partial charge in [0.1, 0.15) is 0 Å². The fourth-order valence-corrected chi connectivity index (χ4v) is 3.95. The van der Waals surface area contributed by atoms with E-state index in [0.29, 0.717) is 45.9 Å². The molecule has 1 heterocycles. The van der Waals surface area contributed by atoms with Crippen molar-refractivity contribution < 1.29 is 22.6 Å². The second-order valence-electron chi connectivity index (χ2n) is 5.08. The third-order valence-corrected chi connectivity index (χ3v) is 4.55. The highest BCUT2D eigenvalue weighted by atomic mass is 35.7. The van der Waals surface area contributed by atoms with Gasteiger partial charge in [0.25, 0.3) is 0 Å². The maximum Gasteiger partial charge on any atom is 0.233 e. The summed E-state index contributed by atoms with van der Waals surface area (Å²) in [6, 6.07) is 0. The van der Waals surface area contributed by atoms with Crippen molar-refractivity contribution in [2.24, 2.45) is 5.41 Å². The van der Waals surface area contributed by atoms with Gasteiger partial charge >= 0.3 is 0 Å². The van der Waals surface area contributed by atoms with Crippen LogP contribution in [0.4, 0.5) is 0 Å². The summed E-state index contributed by atoms with van der Waals surface area (Å²) in [6.45, 7) is 6.46. The van der Waals surface area contributed by atoms with E-state index in [9.17, 15) is 8.42 Å². The van der Waals surface area contributed by atoms with Crippen molar-refractivity contribution in [2.45, 2.75) is 32.8 Å². The third kappa shape index (κ3) is 6.90. The molecule has 0 spiro atoms. The number of hydrogen-bond acceptors (Lipinski definition) is 5. The minimum Gasteiger partial charge on any atom is -0.381 e. The van der Waals surface area contributed by atoms with Gasteiger partial charge in [0.15, 0.2) is 0 Å². The summed E-state index contributed by atoms with van der Waals surface area (Å²) in [5.74, 6) is -0.0632. The Bertz CT molecular complexity index is 351. The lowest BCUT2D eigenvalue weighted by Gasteiger charge is -2.36. The largest absolute Gasteiger partial charge is 0.381 e. The molecule has 0 aliphatic carbocycles. The van der Waals surface area contributed by atoms with Gasteiger partial charge in [-0.15, -0.1) is 0 Å². The van der Waals surface area contributed by atoms with Gasteiger partial charge in [-0.1, -0.05) is 0 Å². The summed E-state index contributed by atoms with van der Waals surface area (Å²) >= 11 is 0. The second-order valence-corrected chi connectivity index (χ2v) is 7.85. The van der Waals surface area contributed by atoms with Crippen molar-refractivity contribution in [3.05, 3.63) is 0 Å². The predicted molar refractivity (Wildman–Crippen MR) is 74.0 cm³/mol. The monoisotopic (exact) mass is 314 g/mol. The molecule has 0 bridgehead atoms. The molecule has 114 valence electrons. The van der Waals surface area contributed by atoms with Crippen molar-refractivity contribution in [1.82, 2.24) is 0 Å². The van der Waals surface area contributed by atoms with E-state index in [1.165, 1.54) is 0 Å². The van der Waals surface area contributed by atoms with Gasteiger partial charge in [-0.3, -0.25) is 0 Å². The van der Waals surface area contributed by atoms with E-state index in [4.69, 9.17) is 24.9 Å². The molecule has 1 rings (SSSR count). The molecule has 1 aliphatic rings. The second kappa shape index (κ2) is 7.78. The van der Waals surface area contributed by atoms with Crippen molar-refractivity contribution in [2.75, 3.05) is 38.8 Å². The SMILES string of the molecule is CCOCC(C)OCC1(CS(=O)(=O)Cl)CCOCC1. The average molecular weight is 315 g/mol. The van der Waals surface area contributed by atoms with Crippen LogP contribution in [0.1, 0.15) is 26.7 Å². The zero-order valence-corrected chi connectivity index (χ0v) is 13.1. The lowest BCUT2D eigenvalue weighted by atomic mass is 9.83. The maximum atomic E-state index is 11.4. The summed E-state index contributed by atoms with van der Waals surface area (Å²) in [4.78, 5) is 0. The summed E-state index contributed by atoms with van der Waals surface area (Å²) < 4.78 is 39.0. The molecule has 0 N–H and O–H groups in total. The fraction of sp³-hybridized carbons (Fsp3) is 1.00. The van der Waals surface area contributed by atoms with E-state index in [2.05, 4.69) is 0 Å². The molecule has 1 atom stereocenters. The highest BCUT2D eigenvalue weighted by molar-refractivity contribution is 8.13. The summed E-state index contributed by atoms with van der Waals surface area (Å²) in [7, 11) is 1.86. The van der Waals surface area contributed by atoms with Crippen molar-refractivity contribution >= 4 is 19.7 Å². The summed E-state index contributed by atoms with van der Waals surface area (Å²) in [5.41, 5.74) is -0.431. The van der Waals surface area contributed by atoms with Crippen LogP contribution in [0.3, 0.4) is 0 Å². The first-order valence-electron chi connectivity index (χ1n) is 6.56. The lowest BCUT2D eigenvalue weighted by Crippen LogP contribution is -2.40. The summed E-state index contributed by atoms with van der Waals surface area (Å²) in [6.07, 6.45) is 1.25. The fourth-order valence-electron chi connectivity index (χ4n) is 2.15. The Hall–Kier alpha value is 0.120. The molecule has 1 aliphatic heterocycles. The molecule has 0 amide bonds. The highest BCUT2D eigenvalue weighted by Crippen LogP contribution is 2.33. The van der Waals surface area contributed by atoms with E-state index in [-0.39, 0.29) is 11.9 Å². The first-order chi connectivity index (χ1) is 8.87. The maximum absolute atomic E-state index is 11.4. The van der Waals surface area contributed by atoms with Gasteiger partial charge in [-0.05, 0) is 26.7 Å². The normalized spacial score (nSPS) is 21.2. The molecule has 0 radical (unpaired) electrons. The molecule has 5 nitrogen and oxygen atoms in total. The van der Waals surface area contributed by atoms with Crippen molar-refractivity contribution in [3.8, 4) is 0 Å². The molecule has 19 heavy (non-hydrogen) atoms. The van der Waals surface area contributed by atoms with Crippen LogP contribution in [-0.4, -0.2) is 53.3 Å². The Kier molecular flexibility index (Phi) is 7.04. The molecule has 1 saturated heterocycles. The molecule has 7 heteroatoms. The topological polar surface area (TPSA) is 61.8 Å². The van der Waals surface area contributed by atoms with Crippen LogP contribution < -0.4 is 0 Å². The van der Waals surface area contributed by atoms with Gasteiger partial charge in [-0.25, -0.2) is 8.42 Å². The van der Waals surface area contributed by atoms with Gasteiger partial charge in [0.2, 0.25) is 9.05 Å². The van der Waals surface area contributed by atoms with E-state index >= 15 is 0 Å².